The third kappa shape index (κ3) is 4.69. The van der Waals surface area contributed by atoms with E-state index in [-0.39, 0.29) is 5.41 Å². The molecule has 6 heteroatoms. The fourth-order valence-corrected chi connectivity index (χ4v) is 11.3. The van der Waals surface area contributed by atoms with E-state index in [4.69, 9.17) is 13.9 Å². The smallest absolute Gasteiger partial charge is 0.104 e. The van der Waals surface area contributed by atoms with E-state index in [1.165, 1.54) is 84.0 Å². The molecule has 7 rings (SSSR count). The van der Waals surface area contributed by atoms with Crippen LogP contribution in [0.4, 0.5) is 0 Å². The number of hydrogen-bond donors (Lipinski definition) is 1. The molecular formula is C35H56N2O4. The van der Waals surface area contributed by atoms with Gasteiger partial charge in [0, 0.05) is 24.1 Å². The quantitative estimate of drug-likeness (QED) is 0.381. The first-order valence-electron chi connectivity index (χ1n) is 17.3. The topological polar surface area (TPSA) is 58.3 Å². The molecule has 6 nitrogen and oxygen atoms in total. The summed E-state index contributed by atoms with van der Waals surface area (Å²) < 4.78 is 19.2. The van der Waals surface area contributed by atoms with Gasteiger partial charge in [-0.2, -0.15) is 0 Å². The van der Waals surface area contributed by atoms with Crippen LogP contribution < -0.4 is 0 Å². The van der Waals surface area contributed by atoms with Gasteiger partial charge in [-0.3, -0.25) is 0 Å². The summed E-state index contributed by atoms with van der Waals surface area (Å²) in [6.07, 6.45) is 19.4. The summed E-state index contributed by atoms with van der Waals surface area (Å²) in [5, 5.41) is 12.9. The van der Waals surface area contributed by atoms with E-state index in [2.05, 4.69) is 29.7 Å². The van der Waals surface area contributed by atoms with Crippen molar-refractivity contribution < 1.29 is 19.0 Å². The highest BCUT2D eigenvalue weighted by Gasteiger charge is 2.73. The van der Waals surface area contributed by atoms with Crippen molar-refractivity contribution in [3.63, 3.8) is 0 Å². The highest BCUT2D eigenvalue weighted by molar-refractivity contribution is 5.31. The summed E-state index contributed by atoms with van der Waals surface area (Å²) in [6.45, 7) is 13.6. The van der Waals surface area contributed by atoms with E-state index in [9.17, 15) is 5.11 Å². The van der Waals surface area contributed by atoms with E-state index in [0.29, 0.717) is 23.4 Å². The molecule has 230 valence electrons. The van der Waals surface area contributed by atoms with Gasteiger partial charge in [0.25, 0.3) is 0 Å². The van der Waals surface area contributed by atoms with Crippen LogP contribution in [0.25, 0.3) is 0 Å². The second kappa shape index (κ2) is 11.2. The second-order valence-corrected chi connectivity index (χ2v) is 15.3. The third-order valence-electron chi connectivity index (χ3n) is 13.8. The largest absolute Gasteiger partial charge is 0.472 e. The maximum Gasteiger partial charge on any atom is 0.104 e. The second-order valence-electron chi connectivity index (χ2n) is 15.3. The highest BCUT2D eigenvalue weighted by atomic mass is 16.5. The number of fused-ring (bicyclic) bond motifs is 5. The zero-order valence-electron chi connectivity index (χ0n) is 26.0. The van der Waals surface area contributed by atoms with Gasteiger partial charge in [0.2, 0.25) is 0 Å². The molecule has 2 aliphatic heterocycles. The molecule has 0 amide bonds. The normalized spacial score (nSPS) is 45.0. The maximum absolute atomic E-state index is 12.9. The molecular weight excluding hydrogens is 512 g/mol. The summed E-state index contributed by atoms with van der Waals surface area (Å²) in [6, 6.07) is 2.11. The molecule has 0 bridgehead atoms. The fraction of sp³-hybridized carbons (Fsp3) is 0.886. The van der Waals surface area contributed by atoms with Crippen LogP contribution in [0, 0.1) is 28.6 Å². The molecule has 4 aliphatic carbocycles. The first-order chi connectivity index (χ1) is 19.9. The van der Waals surface area contributed by atoms with Crippen molar-refractivity contribution in [1.82, 2.24) is 9.80 Å². The molecule has 1 aromatic rings. The first-order valence-corrected chi connectivity index (χ1v) is 17.3. The maximum atomic E-state index is 12.9. The molecule has 0 spiro atoms. The molecule has 0 radical (unpaired) electrons. The predicted molar refractivity (Wildman–Crippen MR) is 161 cm³/mol. The predicted octanol–water partition coefficient (Wildman–Crippen LogP) is 6.23. The number of hydrogen-bond acceptors (Lipinski definition) is 6. The Bertz CT molecular complexity index is 1020. The molecule has 2 saturated heterocycles. The lowest BCUT2D eigenvalue weighted by Gasteiger charge is -2.64. The van der Waals surface area contributed by atoms with Crippen LogP contribution in [0.2, 0.25) is 0 Å². The van der Waals surface area contributed by atoms with Crippen molar-refractivity contribution in [3.05, 3.63) is 24.2 Å². The lowest BCUT2D eigenvalue weighted by molar-refractivity contribution is -0.249. The van der Waals surface area contributed by atoms with Crippen molar-refractivity contribution in [2.45, 2.75) is 115 Å². The average Bonchev–Trinajstić information content (AvgIpc) is 3.79. The van der Waals surface area contributed by atoms with Gasteiger partial charge in [0.15, 0.2) is 0 Å². The standard InChI is InChI=1S/C35H56N2O4/c1-32-12-9-29(40-23-20-36-16-3-4-17-36)25-27(32)7-8-31-30(32)10-13-33(2)34(31,38)14-15-35(33,28-11-22-39-26-28)41-24-21-37-18-5-6-19-37/h11,22,26-27,29-31,38H,3-10,12-21,23-25H2,1-2H3/t27-,29+,30+,31-,32+,33+,34+,35+/m1/s1. The molecule has 4 saturated carbocycles. The Hall–Kier alpha value is -0.920. The molecule has 0 aromatic carbocycles. The molecule has 1 N–H and O–H groups in total. The van der Waals surface area contributed by atoms with E-state index in [0.717, 1.165) is 63.5 Å². The molecule has 6 fully saturated rings. The minimum atomic E-state index is -0.697. The monoisotopic (exact) mass is 568 g/mol. The Balaban J connectivity index is 1.06. The lowest BCUT2D eigenvalue weighted by atomic mass is 9.43. The van der Waals surface area contributed by atoms with Crippen LogP contribution >= 0.6 is 0 Å². The Morgan fingerprint density at radius 3 is 2.29 bits per heavy atom. The van der Waals surface area contributed by atoms with Gasteiger partial charge < -0.3 is 28.8 Å². The van der Waals surface area contributed by atoms with Gasteiger partial charge in [-0.1, -0.05) is 13.8 Å². The Kier molecular flexibility index (Phi) is 7.89. The number of furan rings is 1. The molecule has 6 aliphatic rings. The molecule has 3 heterocycles. The lowest BCUT2D eigenvalue weighted by Crippen LogP contribution is -2.65. The number of ether oxygens (including phenoxy) is 2. The Morgan fingerprint density at radius 2 is 1.59 bits per heavy atom. The zero-order valence-corrected chi connectivity index (χ0v) is 26.0. The average molecular weight is 569 g/mol. The van der Waals surface area contributed by atoms with E-state index in [1.54, 1.807) is 6.26 Å². The van der Waals surface area contributed by atoms with E-state index < -0.39 is 11.2 Å². The zero-order chi connectivity index (χ0) is 28.1. The van der Waals surface area contributed by atoms with Crippen molar-refractivity contribution >= 4 is 0 Å². The highest BCUT2D eigenvalue weighted by Crippen LogP contribution is 2.72. The van der Waals surface area contributed by atoms with Crippen molar-refractivity contribution in [2.24, 2.45) is 28.6 Å². The number of likely N-dealkylation sites (tertiary alicyclic amines) is 2. The van der Waals surface area contributed by atoms with Gasteiger partial charge in [-0.15, -0.1) is 0 Å². The van der Waals surface area contributed by atoms with E-state index >= 15 is 0 Å². The summed E-state index contributed by atoms with van der Waals surface area (Å²) >= 11 is 0. The van der Waals surface area contributed by atoms with Gasteiger partial charge in [-0.05, 0) is 139 Å². The minimum Gasteiger partial charge on any atom is -0.472 e. The van der Waals surface area contributed by atoms with Crippen molar-refractivity contribution in [1.29, 1.82) is 0 Å². The van der Waals surface area contributed by atoms with Crippen molar-refractivity contribution in [2.75, 3.05) is 52.5 Å². The van der Waals surface area contributed by atoms with Crippen LogP contribution in [-0.2, 0) is 15.1 Å². The summed E-state index contributed by atoms with van der Waals surface area (Å²) in [4.78, 5) is 5.11. The summed E-state index contributed by atoms with van der Waals surface area (Å²) in [5.41, 5.74) is -0.0283. The molecule has 41 heavy (non-hydrogen) atoms. The van der Waals surface area contributed by atoms with Crippen molar-refractivity contribution in [3.8, 4) is 0 Å². The van der Waals surface area contributed by atoms with Gasteiger partial charge in [0.1, 0.15) is 5.60 Å². The fourth-order valence-electron chi connectivity index (χ4n) is 11.3. The molecule has 8 atom stereocenters. The van der Waals surface area contributed by atoms with Crippen LogP contribution in [0.15, 0.2) is 23.0 Å². The van der Waals surface area contributed by atoms with Crippen LogP contribution in [-0.4, -0.2) is 79.1 Å². The van der Waals surface area contributed by atoms with Crippen LogP contribution in [0.5, 0.6) is 0 Å². The van der Waals surface area contributed by atoms with Gasteiger partial charge >= 0.3 is 0 Å². The number of rotatable bonds is 9. The van der Waals surface area contributed by atoms with Crippen LogP contribution in [0.3, 0.4) is 0 Å². The van der Waals surface area contributed by atoms with E-state index in [1.807, 2.05) is 6.26 Å². The number of nitrogens with zero attached hydrogens (tertiary/aromatic N) is 2. The summed E-state index contributed by atoms with van der Waals surface area (Å²) in [7, 11) is 0. The summed E-state index contributed by atoms with van der Waals surface area (Å²) in [5.74, 6) is 1.67. The molecule has 1 aromatic heterocycles. The number of aliphatic hydroxyl groups is 1. The van der Waals surface area contributed by atoms with Crippen LogP contribution in [0.1, 0.15) is 103 Å². The third-order valence-corrected chi connectivity index (χ3v) is 13.8. The Labute approximate surface area is 248 Å². The van der Waals surface area contributed by atoms with Gasteiger partial charge in [0.05, 0.1) is 37.4 Å². The molecule has 0 unspecified atom stereocenters. The SMILES string of the molecule is C[C@]12CC[C@H](OCCN3CCCC3)C[C@H]1CC[C@@H]1[C@@H]2CC[C@]2(C)[C@@](OCCN3CCCC3)(c3ccoc3)CC[C@]12O. The van der Waals surface area contributed by atoms with Gasteiger partial charge in [-0.25, -0.2) is 0 Å². The first kappa shape index (κ1) is 28.8. The minimum absolute atomic E-state index is 0.310. The Morgan fingerprint density at radius 1 is 0.854 bits per heavy atom.